The Bertz CT molecular complexity index is 1170. The van der Waals surface area contributed by atoms with Crippen LogP contribution in [0.15, 0.2) is 35.2 Å². The topological polar surface area (TPSA) is 115 Å². The number of pyridine rings is 1. The van der Waals surface area contributed by atoms with Gasteiger partial charge in [0.05, 0.1) is 10.3 Å². The summed E-state index contributed by atoms with van der Waals surface area (Å²) in [5, 5.41) is 7.80. The Morgan fingerprint density at radius 2 is 2.00 bits per heavy atom. The molecule has 0 aliphatic heterocycles. The average molecular weight is 417 g/mol. The Labute approximate surface area is 169 Å². The lowest BCUT2D eigenvalue weighted by Gasteiger charge is -2.08. The van der Waals surface area contributed by atoms with Crippen molar-refractivity contribution in [2.75, 3.05) is 13.7 Å². The molecule has 0 saturated heterocycles. The highest BCUT2D eigenvalue weighted by atomic mass is 32.2. The largest absolute Gasteiger partial charge is 0.466 e. The number of aromatic nitrogens is 3. The number of hydrogen-bond donors (Lipinski definition) is 2. The van der Waals surface area contributed by atoms with Crippen molar-refractivity contribution in [2.45, 2.75) is 25.3 Å². The second-order valence-electron chi connectivity index (χ2n) is 6.63. The smallest absolute Gasteiger partial charge is 0.258 e. The number of ether oxygens (including phenoxy) is 1. The van der Waals surface area contributed by atoms with Gasteiger partial charge in [-0.3, -0.25) is 4.79 Å². The maximum atomic E-state index is 12.2. The standard InChI is InChI=1S/C19H23N5O4S/c1-12-8-13(2)22-18-17(12)19(23-24(18)4)28-11-16(25)21-10-14-6-5-7-15(9-14)29(26,27)20-3/h5-9,20H,10-11H2,1-4H3,(H,21,25). The van der Waals surface area contributed by atoms with Gasteiger partial charge in [0.1, 0.15) is 0 Å². The predicted molar refractivity (Wildman–Crippen MR) is 108 cm³/mol. The minimum atomic E-state index is -3.54. The quantitative estimate of drug-likeness (QED) is 0.597. The fourth-order valence-corrected chi connectivity index (χ4v) is 3.78. The number of benzene rings is 1. The molecule has 0 spiro atoms. The molecule has 0 unspecified atom stereocenters. The molecule has 10 heteroatoms. The number of sulfonamides is 1. The predicted octanol–water partition coefficient (Wildman–Crippen LogP) is 1.19. The molecule has 0 saturated carbocycles. The van der Waals surface area contributed by atoms with Crippen molar-refractivity contribution in [3.05, 3.63) is 47.2 Å². The number of aryl methyl sites for hydroxylation is 3. The molecule has 0 atom stereocenters. The van der Waals surface area contributed by atoms with Crippen LogP contribution >= 0.6 is 0 Å². The van der Waals surface area contributed by atoms with Crippen LogP contribution < -0.4 is 14.8 Å². The molecule has 1 aromatic carbocycles. The third kappa shape index (κ3) is 4.54. The van der Waals surface area contributed by atoms with Crippen LogP contribution in [0.1, 0.15) is 16.8 Å². The van der Waals surface area contributed by atoms with Gasteiger partial charge >= 0.3 is 0 Å². The first-order valence-electron chi connectivity index (χ1n) is 8.94. The lowest BCUT2D eigenvalue weighted by molar-refractivity contribution is -0.123. The van der Waals surface area contributed by atoms with Gasteiger partial charge < -0.3 is 10.1 Å². The highest BCUT2D eigenvalue weighted by Crippen LogP contribution is 2.26. The van der Waals surface area contributed by atoms with Gasteiger partial charge in [0.2, 0.25) is 15.9 Å². The molecule has 3 rings (SSSR count). The van der Waals surface area contributed by atoms with E-state index in [9.17, 15) is 13.2 Å². The molecule has 9 nitrogen and oxygen atoms in total. The second-order valence-corrected chi connectivity index (χ2v) is 8.51. The van der Waals surface area contributed by atoms with Crippen LogP contribution in [-0.2, 0) is 28.4 Å². The lowest BCUT2D eigenvalue weighted by atomic mass is 10.2. The normalized spacial score (nSPS) is 11.6. The van der Waals surface area contributed by atoms with Gasteiger partial charge in [0.25, 0.3) is 5.91 Å². The fraction of sp³-hybridized carbons (Fsp3) is 0.316. The first-order chi connectivity index (χ1) is 13.7. The molecule has 3 aromatic rings. The van der Waals surface area contributed by atoms with E-state index in [1.54, 1.807) is 23.9 Å². The molecule has 29 heavy (non-hydrogen) atoms. The monoisotopic (exact) mass is 417 g/mol. The summed E-state index contributed by atoms with van der Waals surface area (Å²) in [6.45, 7) is 3.81. The summed E-state index contributed by atoms with van der Waals surface area (Å²) >= 11 is 0. The van der Waals surface area contributed by atoms with E-state index in [1.807, 2.05) is 19.9 Å². The van der Waals surface area contributed by atoms with Crippen molar-refractivity contribution in [3.63, 3.8) is 0 Å². The molecular weight excluding hydrogens is 394 g/mol. The molecule has 0 aliphatic carbocycles. The first kappa shape index (κ1) is 20.7. The van der Waals surface area contributed by atoms with Gasteiger partial charge in [-0.2, -0.15) is 0 Å². The third-order valence-electron chi connectivity index (χ3n) is 4.39. The molecule has 0 bridgehead atoms. The summed E-state index contributed by atoms with van der Waals surface area (Å²) in [6, 6.07) is 8.30. The number of carbonyl (C=O) groups excluding carboxylic acids is 1. The first-order valence-corrected chi connectivity index (χ1v) is 10.4. The average Bonchev–Trinajstić information content (AvgIpc) is 3.01. The lowest BCUT2D eigenvalue weighted by Crippen LogP contribution is -2.28. The second kappa shape index (κ2) is 8.18. The Hall–Kier alpha value is -2.98. The van der Waals surface area contributed by atoms with Gasteiger partial charge in [-0.1, -0.05) is 12.1 Å². The molecular formula is C19H23N5O4S. The van der Waals surface area contributed by atoms with Gasteiger partial charge in [-0.05, 0) is 50.2 Å². The molecule has 2 aromatic heterocycles. The molecule has 1 amide bonds. The molecule has 0 aliphatic rings. The van der Waals surface area contributed by atoms with Crippen molar-refractivity contribution >= 4 is 27.0 Å². The molecule has 2 N–H and O–H groups in total. The number of nitrogens with one attached hydrogen (secondary N) is 2. The van der Waals surface area contributed by atoms with Crippen LogP contribution in [0.25, 0.3) is 11.0 Å². The zero-order valence-electron chi connectivity index (χ0n) is 16.7. The third-order valence-corrected chi connectivity index (χ3v) is 5.81. The Kier molecular flexibility index (Phi) is 5.85. The van der Waals surface area contributed by atoms with E-state index in [4.69, 9.17) is 4.74 Å². The maximum Gasteiger partial charge on any atom is 0.258 e. The Balaban J connectivity index is 1.65. The number of amides is 1. The summed E-state index contributed by atoms with van der Waals surface area (Å²) in [6.07, 6.45) is 0. The number of carbonyl (C=O) groups is 1. The van der Waals surface area contributed by atoms with E-state index in [1.165, 1.54) is 19.2 Å². The van der Waals surface area contributed by atoms with Crippen molar-refractivity contribution in [1.82, 2.24) is 24.8 Å². The van der Waals surface area contributed by atoms with Gasteiger partial charge in [0.15, 0.2) is 12.3 Å². The molecule has 0 fully saturated rings. The minimum absolute atomic E-state index is 0.140. The van der Waals surface area contributed by atoms with Gasteiger partial charge in [0, 0.05) is 19.3 Å². The summed E-state index contributed by atoms with van der Waals surface area (Å²) in [5.41, 5.74) is 3.21. The molecule has 154 valence electrons. The maximum absolute atomic E-state index is 12.2. The van der Waals surface area contributed by atoms with Crippen molar-refractivity contribution < 1.29 is 17.9 Å². The number of hydrogen-bond acceptors (Lipinski definition) is 6. The highest BCUT2D eigenvalue weighted by Gasteiger charge is 2.16. The van der Waals surface area contributed by atoms with E-state index in [0.29, 0.717) is 17.1 Å². The fourth-order valence-electron chi connectivity index (χ4n) is 2.98. The summed E-state index contributed by atoms with van der Waals surface area (Å²) < 4.78 is 33.3. The minimum Gasteiger partial charge on any atom is -0.466 e. The zero-order valence-corrected chi connectivity index (χ0v) is 17.5. The summed E-state index contributed by atoms with van der Waals surface area (Å²) in [5.74, 6) is 0.00756. The molecule has 2 heterocycles. The number of fused-ring (bicyclic) bond motifs is 1. The van der Waals surface area contributed by atoms with Crippen LogP contribution in [0.2, 0.25) is 0 Å². The van der Waals surface area contributed by atoms with Crippen molar-refractivity contribution in [3.8, 4) is 5.88 Å². The number of nitrogens with zero attached hydrogens (tertiary/aromatic N) is 3. The van der Waals surface area contributed by atoms with E-state index in [2.05, 4.69) is 20.1 Å². The van der Waals surface area contributed by atoms with Crippen LogP contribution in [0.5, 0.6) is 5.88 Å². The summed E-state index contributed by atoms with van der Waals surface area (Å²) in [4.78, 5) is 16.8. The van der Waals surface area contributed by atoms with E-state index < -0.39 is 10.0 Å². The van der Waals surface area contributed by atoms with Crippen molar-refractivity contribution in [2.24, 2.45) is 7.05 Å². The summed E-state index contributed by atoms with van der Waals surface area (Å²) in [7, 11) is -0.416. The zero-order chi connectivity index (χ0) is 21.2. The number of rotatable bonds is 7. The van der Waals surface area contributed by atoms with Crippen molar-refractivity contribution in [1.29, 1.82) is 0 Å². The Morgan fingerprint density at radius 3 is 2.72 bits per heavy atom. The van der Waals surface area contributed by atoms with E-state index in [0.717, 1.165) is 16.6 Å². The van der Waals surface area contributed by atoms with Crippen LogP contribution in [0, 0.1) is 13.8 Å². The van der Waals surface area contributed by atoms with E-state index in [-0.39, 0.29) is 24.0 Å². The van der Waals surface area contributed by atoms with Gasteiger partial charge in [-0.15, -0.1) is 5.10 Å². The van der Waals surface area contributed by atoms with E-state index >= 15 is 0 Å². The van der Waals surface area contributed by atoms with Gasteiger partial charge in [-0.25, -0.2) is 22.8 Å². The van der Waals surface area contributed by atoms with Crippen LogP contribution in [0.3, 0.4) is 0 Å². The SMILES string of the molecule is CNS(=O)(=O)c1cccc(CNC(=O)COc2nn(C)c3nc(C)cc(C)c23)c1. The Morgan fingerprint density at radius 1 is 1.24 bits per heavy atom. The molecule has 0 radical (unpaired) electrons. The van der Waals surface area contributed by atoms with Crippen LogP contribution in [-0.4, -0.2) is 42.7 Å². The van der Waals surface area contributed by atoms with Crippen LogP contribution in [0.4, 0.5) is 0 Å². The highest BCUT2D eigenvalue weighted by molar-refractivity contribution is 7.89.